The summed E-state index contributed by atoms with van der Waals surface area (Å²) in [5.41, 5.74) is 0.517. The van der Waals surface area contributed by atoms with E-state index < -0.39 is 114 Å². The van der Waals surface area contributed by atoms with Crippen LogP contribution in [-0.4, -0.2) is 142 Å². The summed E-state index contributed by atoms with van der Waals surface area (Å²) in [5, 5.41) is 40.6. The molecule has 0 aromatic heterocycles. The molecule has 5 N–H and O–H groups in total. The number of carbonyl (C=O) groups excluding carboxylic acids is 5. The molecule has 7 rings (SSSR count). The zero-order valence-corrected chi connectivity index (χ0v) is 54.2. The first kappa shape index (κ1) is 78.6. The standard InChI is InChI=1S/C15H22ClNO2.C14H7ClF3NO5.C14H13NO7S.C11H11Cl2NO2.C3H8NO5P/c1-5-13-8-6-7-11(2)15(13)17(14(18)9-16)12(3)10-19-4;15-10-5-7(14(16,17)18)1-4-12(10)24-8-2-3-11(19(22)23)9(6-8)13(20)21;1-23(21,22)8-5-6-9(10(7-8)15(19)20)14(18)13-11(16)3-2-4-12(13)17;1-7-6-16-9-5-3-2-4-8(9)14(7)11(15)10(12)13;5-3(6)1-4-2-10(7,8)9/h6-8,12H,5,9-10H2,1-4H3;1-6H,(H,20,21);5-7,13H,2-4H2,1H3;2-5,7,10H,6H2,1H3;4H,1-2H2,(H,5,6)(H2,7,8,9). The second kappa shape index (κ2) is 35.4. The molecule has 2 atom stereocenters. The number of anilines is 2. The van der Waals surface area contributed by atoms with Gasteiger partial charge in [0.2, 0.25) is 5.91 Å². The summed E-state index contributed by atoms with van der Waals surface area (Å²) in [5.74, 6) is -6.33. The number of ether oxygens (including phenoxy) is 3. The normalized spacial score (nSPS) is 14.1. The average molecular weight is 1410 g/mol. The van der Waals surface area contributed by atoms with Crippen LogP contribution in [0.2, 0.25) is 5.02 Å². The number of nitrogens with zero attached hydrogens (tertiary/aromatic N) is 4. The minimum atomic E-state index is -4.58. The van der Waals surface area contributed by atoms with Crippen molar-refractivity contribution in [3.8, 4) is 17.2 Å². The molecule has 2 unspecified atom stereocenters. The van der Waals surface area contributed by atoms with Crippen LogP contribution < -0.4 is 24.6 Å². The summed E-state index contributed by atoms with van der Waals surface area (Å²) in [6, 6.07) is 21.4. The number of nitrogens with one attached hydrogen (secondary N) is 1. The van der Waals surface area contributed by atoms with Crippen molar-refractivity contribution in [2.75, 3.05) is 55.1 Å². The summed E-state index contributed by atoms with van der Waals surface area (Å²) in [4.78, 5) is 119. The number of aromatic carboxylic acids is 1. The van der Waals surface area contributed by atoms with E-state index in [9.17, 15) is 79.9 Å². The Morgan fingerprint density at radius 3 is 2.03 bits per heavy atom. The number of methoxy groups -OCH3 is 1. The van der Waals surface area contributed by atoms with Crippen LogP contribution in [0.5, 0.6) is 17.2 Å². The number of ketones is 3. The second-order valence-corrected chi connectivity index (χ2v) is 25.1. The third kappa shape index (κ3) is 23.2. The largest absolute Gasteiger partial charge is 0.489 e. The van der Waals surface area contributed by atoms with Crippen LogP contribution in [0.1, 0.15) is 77.4 Å². The number of rotatable bonds is 19. The number of aliphatic carboxylic acids is 1. The van der Waals surface area contributed by atoms with Gasteiger partial charge in [0.25, 0.3) is 17.3 Å². The number of nitro benzene ring substituents is 2. The van der Waals surface area contributed by atoms with E-state index >= 15 is 0 Å². The number of nitro groups is 2. The third-order valence-electron chi connectivity index (χ3n) is 12.7. The first-order chi connectivity index (χ1) is 42.8. The number of hydrogen-bond donors (Lipinski definition) is 5. The van der Waals surface area contributed by atoms with E-state index in [0.717, 1.165) is 83.7 Å². The number of amides is 2. The number of fused-ring (bicyclic) bond motifs is 1. The molecule has 5 aromatic carbocycles. The van der Waals surface area contributed by atoms with E-state index in [1.165, 1.54) is 0 Å². The van der Waals surface area contributed by atoms with Crippen LogP contribution in [0.4, 0.5) is 35.9 Å². The number of halogens is 7. The number of benzene rings is 5. The molecule has 92 heavy (non-hydrogen) atoms. The Morgan fingerprint density at radius 1 is 0.902 bits per heavy atom. The maximum Gasteiger partial charge on any atom is 0.416 e. The van der Waals surface area contributed by atoms with Crippen LogP contribution in [0.25, 0.3) is 0 Å². The number of carbonyl (C=O) groups is 7. The molecule has 0 radical (unpaired) electrons. The second-order valence-electron chi connectivity index (χ2n) is 19.7. The Morgan fingerprint density at radius 2 is 1.52 bits per heavy atom. The van der Waals surface area contributed by atoms with Crippen molar-refractivity contribution in [1.82, 2.24) is 5.32 Å². The Hall–Kier alpha value is -7.64. The Bertz CT molecular complexity index is 3700. The van der Waals surface area contributed by atoms with Gasteiger partial charge >= 0.3 is 25.7 Å². The molecule has 0 bridgehead atoms. The van der Waals surface area contributed by atoms with E-state index in [1.54, 1.807) is 16.9 Å². The molecule has 1 aliphatic carbocycles. The zero-order chi connectivity index (χ0) is 69.7. The maximum atomic E-state index is 12.6. The van der Waals surface area contributed by atoms with Gasteiger partial charge in [0.05, 0.1) is 73.8 Å². The first-order valence-corrected chi connectivity index (χ1v) is 32.2. The van der Waals surface area contributed by atoms with Gasteiger partial charge in [-0.2, -0.15) is 13.2 Å². The smallest absolute Gasteiger partial charge is 0.416 e. The molecule has 1 heterocycles. The summed E-state index contributed by atoms with van der Waals surface area (Å²) < 4.78 is 86.6. The van der Waals surface area contributed by atoms with E-state index in [-0.39, 0.29) is 64.0 Å². The molecular weight excluding hydrogens is 1350 g/mol. The van der Waals surface area contributed by atoms with Gasteiger partial charge in [-0.25, -0.2) is 13.2 Å². The van der Waals surface area contributed by atoms with Gasteiger partial charge < -0.3 is 44.0 Å². The Kier molecular flexibility index (Phi) is 30.3. The first-order valence-electron chi connectivity index (χ1n) is 26.7. The number of Topliss-reactive ketones (excluding diaryl/α,β-unsaturated/α-hetero) is 3. The highest BCUT2D eigenvalue weighted by molar-refractivity contribution is 7.90. The lowest BCUT2D eigenvalue weighted by Crippen LogP contribution is -2.47. The fraction of sp³-hybridized carbons (Fsp3) is 0.351. The van der Waals surface area contributed by atoms with Crippen molar-refractivity contribution >= 4 is 128 Å². The molecule has 2 amide bonds. The van der Waals surface area contributed by atoms with Crippen molar-refractivity contribution in [1.29, 1.82) is 0 Å². The lowest BCUT2D eigenvalue weighted by molar-refractivity contribution is -0.385. The topological polar surface area (TPSA) is 384 Å². The van der Waals surface area contributed by atoms with Gasteiger partial charge in [0.1, 0.15) is 41.2 Å². The number of carboxylic acids is 2. The molecule has 2 aliphatic rings. The molecule has 1 aliphatic heterocycles. The molecular formula is C57H61Cl4F3N5O21PS. The Balaban J connectivity index is 0.000000308. The highest BCUT2D eigenvalue weighted by Gasteiger charge is 2.40. The van der Waals surface area contributed by atoms with Crippen LogP contribution >= 0.6 is 54.0 Å². The van der Waals surface area contributed by atoms with Gasteiger partial charge in [0.15, 0.2) is 32.0 Å². The molecule has 0 saturated heterocycles. The maximum absolute atomic E-state index is 12.6. The van der Waals surface area contributed by atoms with Gasteiger partial charge in [-0.3, -0.25) is 58.9 Å². The minimum absolute atomic E-state index is 0.0223. The monoisotopic (exact) mass is 1410 g/mol. The summed E-state index contributed by atoms with van der Waals surface area (Å²) in [6.45, 7) is 8.46. The molecule has 0 spiro atoms. The molecule has 35 heteroatoms. The van der Waals surface area contributed by atoms with Crippen LogP contribution in [0.15, 0.2) is 102 Å². The fourth-order valence-corrected chi connectivity index (χ4v) is 10.2. The van der Waals surface area contributed by atoms with Crippen molar-refractivity contribution in [2.24, 2.45) is 5.92 Å². The van der Waals surface area contributed by atoms with Crippen LogP contribution in [0, 0.1) is 33.1 Å². The third-order valence-corrected chi connectivity index (χ3v) is 15.4. The van der Waals surface area contributed by atoms with E-state index in [2.05, 4.69) is 18.3 Å². The van der Waals surface area contributed by atoms with Gasteiger partial charge in [-0.1, -0.05) is 72.1 Å². The van der Waals surface area contributed by atoms with Crippen LogP contribution in [-0.2, 0) is 55.7 Å². The molecule has 500 valence electrons. The average Bonchev–Trinajstić information content (AvgIpc) is 0.915. The number of aryl methyl sites for hydroxylation is 2. The summed E-state index contributed by atoms with van der Waals surface area (Å²) in [7, 11) is -6.16. The number of alkyl halides is 6. The number of sulfone groups is 1. The van der Waals surface area contributed by atoms with Gasteiger partial charge in [0, 0.05) is 44.4 Å². The van der Waals surface area contributed by atoms with Crippen LogP contribution in [0.3, 0.4) is 0 Å². The summed E-state index contributed by atoms with van der Waals surface area (Å²) in [6.07, 6.45) is -2.93. The fourth-order valence-electron chi connectivity index (χ4n) is 8.62. The van der Waals surface area contributed by atoms with Gasteiger partial charge in [-0.05, 0) is 93.3 Å². The van der Waals surface area contributed by atoms with Gasteiger partial charge in [-0.15, -0.1) is 11.6 Å². The van der Waals surface area contributed by atoms with E-state index in [0.29, 0.717) is 31.5 Å². The molecule has 1 fully saturated rings. The molecule has 5 aromatic rings. The predicted octanol–water partition coefficient (Wildman–Crippen LogP) is 10.4. The number of para-hydroxylation sites is 3. The van der Waals surface area contributed by atoms with Crippen molar-refractivity contribution < 1.29 is 104 Å². The van der Waals surface area contributed by atoms with E-state index in [1.807, 2.05) is 57.2 Å². The van der Waals surface area contributed by atoms with Crippen molar-refractivity contribution in [2.45, 2.75) is 81.4 Å². The predicted molar refractivity (Wildman–Crippen MR) is 332 cm³/mol. The highest BCUT2D eigenvalue weighted by Crippen LogP contribution is 2.39. The quantitative estimate of drug-likeness (QED) is 0.0128. The molecule has 26 nitrogen and oxygen atoms in total. The van der Waals surface area contributed by atoms with Crippen molar-refractivity contribution in [3.63, 3.8) is 0 Å². The minimum Gasteiger partial charge on any atom is -0.489 e. The van der Waals surface area contributed by atoms with E-state index in [4.69, 9.17) is 80.6 Å². The number of hydrogen-bond acceptors (Lipinski definition) is 18. The lowest BCUT2D eigenvalue weighted by atomic mass is 9.81. The van der Waals surface area contributed by atoms with Crippen molar-refractivity contribution in [3.05, 3.63) is 150 Å². The SMILES string of the molecule is CC1COc2ccccc2N1C(=O)C(Cl)Cl.CCc1cccc(C)c1N(C(=O)CCl)C(C)COC.CS(=O)(=O)c1ccc(C(=O)C2C(=O)CCCC2=O)c([N+](=O)[O-])c1.O=C(O)CNCP(=O)(O)O.O=C(O)c1cc(Oc2ccc(C(F)(F)F)cc2Cl)ccc1[N+](=O)[O-]. The zero-order valence-electron chi connectivity index (χ0n) is 49.4. The summed E-state index contributed by atoms with van der Waals surface area (Å²) >= 11 is 22.7. The highest BCUT2D eigenvalue weighted by atomic mass is 35.5. The molecule has 1 saturated carbocycles. The number of carboxylic acid groups (broad SMARTS) is 2. The Labute approximate surface area is 543 Å². The lowest BCUT2D eigenvalue weighted by Gasteiger charge is -2.35.